The Morgan fingerprint density at radius 2 is 1.90 bits per heavy atom. The van der Waals surface area contributed by atoms with Crippen LogP contribution in [0.2, 0.25) is 0 Å². The second-order valence-electron chi connectivity index (χ2n) is 3.00. The summed E-state index contributed by atoms with van der Waals surface area (Å²) < 4.78 is 4.53. The second kappa shape index (κ2) is 4.31. The van der Waals surface area contributed by atoms with Gasteiger partial charge in [0.1, 0.15) is 0 Å². The maximum absolute atomic E-state index is 10.7. The number of hydrogen-bond acceptors (Lipinski definition) is 2. The summed E-state index contributed by atoms with van der Waals surface area (Å²) in [7, 11) is 1.43. The Hall–Kier alpha value is -0.530. The Morgan fingerprint density at radius 3 is 2.20 bits per heavy atom. The van der Waals surface area contributed by atoms with Gasteiger partial charge < -0.3 is 4.74 Å². The molecule has 0 fully saturated rings. The summed E-state index contributed by atoms with van der Waals surface area (Å²) in [6, 6.07) is 0. The van der Waals surface area contributed by atoms with Gasteiger partial charge in [0.2, 0.25) is 0 Å². The molecule has 0 aromatic heterocycles. The Bertz CT molecular complexity index is 108. The summed E-state index contributed by atoms with van der Waals surface area (Å²) in [5.41, 5.74) is 0. The van der Waals surface area contributed by atoms with Crippen molar-refractivity contribution in [1.29, 1.82) is 0 Å². The first-order valence-corrected chi connectivity index (χ1v) is 3.64. The third kappa shape index (κ3) is 3.49. The Kier molecular flexibility index (Phi) is 4.08. The summed E-state index contributed by atoms with van der Waals surface area (Å²) in [6.07, 6.45) is 0.536. The fourth-order valence-electron chi connectivity index (χ4n) is 0.582. The van der Waals surface area contributed by atoms with Gasteiger partial charge in [-0.15, -0.1) is 0 Å². The number of ether oxygens (including phenoxy) is 1. The van der Waals surface area contributed by atoms with Gasteiger partial charge >= 0.3 is 5.97 Å². The Labute approximate surface area is 62.6 Å². The van der Waals surface area contributed by atoms with Crippen LogP contribution >= 0.6 is 0 Å². The number of rotatable bonds is 3. The van der Waals surface area contributed by atoms with Crippen LogP contribution in [0.15, 0.2) is 0 Å². The van der Waals surface area contributed by atoms with Crippen molar-refractivity contribution >= 4 is 5.97 Å². The molecule has 60 valence electrons. The van der Waals surface area contributed by atoms with E-state index in [4.69, 9.17) is 0 Å². The van der Waals surface area contributed by atoms with Crippen LogP contribution in [0.3, 0.4) is 0 Å². The maximum Gasteiger partial charge on any atom is 0.305 e. The van der Waals surface area contributed by atoms with Crippen LogP contribution in [0.1, 0.15) is 27.2 Å². The van der Waals surface area contributed by atoms with Gasteiger partial charge in [0, 0.05) is 6.42 Å². The van der Waals surface area contributed by atoms with E-state index in [-0.39, 0.29) is 5.97 Å². The van der Waals surface area contributed by atoms with E-state index in [1.807, 2.05) is 0 Å². The van der Waals surface area contributed by atoms with E-state index >= 15 is 0 Å². The van der Waals surface area contributed by atoms with Crippen molar-refractivity contribution in [1.82, 2.24) is 0 Å². The quantitative estimate of drug-likeness (QED) is 0.565. The highest BCUT2D eigenvalue weighted by atomic mass is 16.5. The van der Waals surface area contributed by atoms with Crippen molar-refractivity contribution in [2.75, 3.05) is 7.11 Å². The molecule has 10 heavy (non-hydrogen) atoms. The SMILES string of the molecule is COC(=O)CC(C)C(C)C. The molecular weight excluding hydrogens is 128 g/mol. The zero-order chi connectivity index (χ0) is 8.15. The molecule has 1 atom stereocenters. The summed E-state index contributed by atoms with van der Waals surface area (Å²) in [5, 5.41) is 0. The van der Waals surface area contributed by atoms with Gasteiger partial charge in [-0.1, -0.05) is 20.8 Å². The van der Waals surface area contributed by atoms with Gasteiger partial charge in [0.15, 0.2) is 0 Å². The third-order valence-corrected chi connectivity index (χ3v) is 1.85. The minimum absolute atomic E-state index is 0.110. The number of hydrogen-bond donors (Lipinski definition) is 0. The van der Waals surface area contributed by atoms with E-state index in [0.717, 1.165) is 0 Å². The van der Waals surface area contributed by atoms with E-state index in [1.54, 1.807) is 0 Å². The van der Waals surface area contributed by atoms with Crippen LogP contribution in [-0.2, 0) is 9.53 Å². The lowest BCUT2D eigenvalue weighted by atomic mass is 9.95. The van der Waals surface area contributed by atoms with Gasteiger partial charge in [0.25, 0.3) is 0 Å². The molecule has 0 rings (SSSR count). The minimum Gasteiger partial charge on any atom is -0.469 e. The largest absolute Gasteiger partial charge is 0.469 e. The minimum atomic E-state index is -0.110. The maximum atomic E-state index is 10.7. The summed E-state index contributed by atoms with van der Waals surface area (Å²) in [6.45, 7) is 6.27. The van der Waals surface area contributed by atoms with Gasteiger partial charge in [-0.05, 0) is 11.8 Å². The Balaban J connectivity index is 3.57. The van der Waals surface area contributed by atoms with Gasteiger partial charge in [-0.3, -0.25) is 4.79 Å². The van der Waals surface area contributed by atoms with Crippen LogP contribution in [0.5, 0.6) is 0 Å². The third-order valence-electron chi connectivity index (χ3n) is 1.85. The predicted octanol–water partition coefficient (Wildman–Crippen LogP) is 1.84. The highest BCUT2D eigenvalue weighted by Crippen LogP contribution is 2.13. The van der Waals surface area contributed by atoms with Gasteiger partial charge in [0.05, 0.1) is 7.11 Å². The molecule has 0 spiro atoms. The van der Waals surface area contributed by atoms with E-state index in [1.165, 1.54) is 7.11 Å². The van der Waals surface area contributed by atoms with Gasteiger partial charge in [-0.25, -0.2) is 0 Å². The summed E-state index contributed by atoms with van der Waals surface area (Å²) in [5.74, 6) is 0.868. The molecule has 0 saturated carbocycles. The standard InChI is InChI=1S/C8H16O2/c1-6(2)7(3)5-8(9)10-4/h6-7H,5H2,1-4H3. The van der Waals surface area contributed by atoms with Crippen LogP contribution in [-0.4, -0.2) is 13.1 Å². The predicted molar refractivity (Wildman–Crippen MR) is 40.6 cm³/mol. The molecule has 2 heteroatoms. The molecule has 0 saturated heterocycles. The zero-order valence-electron chi connectivity index (χ0n) is 7.18. The molecule has 0 bridgehead atoms. The fourth-order valence-corrected chi connectivity index (χ4v) is 0.582. The molecular formula is C8H16O2. The normalized spacial score (nSPS) is 13.3. The number of carbonyl (C=O) groups excluding carboxylic acids is 1. The van der Waals surface area contributed by atoms with Crippen molar-refractivity contribution < 1.29 is 9.53 Å². The molecule has 2 nitrogen and oxygen atoms in total. The zero-order valence-corrected chi connectivity index (χ0v) is 7.18. The van der Waals surface area contributed by atoms with Crippen molar-refractivity contribution in [2.24, 2.45) is 11.8 Å². The number of methoxy groups -OCH3 is 1. The monoisotopic (exact) mass is 144 g/mol. The number of carbonyl (C=O) groups is 1. The fraction of sp³-hybridized carbons (Fsp3) is 0.875. The van der Waals surface area contributed by atoms with Crippen molar-refractivity contribution in [3.63, 3.8) is 0 Å². The highest BCUT2D eigenvalue weighted by molar-refractivity contribution is 5.69. The highest BCUT2D eigenvalue weighted by Gasteiger charge is 2.11. The average molecular weight is 144 g/mol. The molecule has 0 amide bonds. The first-order valence-electron chi connectivity index (χ1n) is 3.64. The topological polar surface area (TPSA) is 26.3 Å². The molecule has 0 N–H and O–H groups in total. The lowest BCUT2D eigenvalue weighted by Crippen LogP contribution is -2.11. The smallest absolute Gasteiger partial charge is 0.305 e. The van der Waals surface area contributed by atoms with Crippen molar-refractivity contribution in [2.45, 2.75) is 27.2 Å². The molecule has 1 unspecified atom stereocenters. The van der Waals surface area contributed by atoms with Crippen LogP contribution in [0.4, 0.5) is 0 Å². The molecule has 0 heterocycles. The van der Waals surface area contributed by atoms with E-state index in [0.29, 0.717) is 18.3 Å². The molecule has 0 radical (unpaired) electrons. The number of esters is 1. The van der Waals surface area contributed by atoms with Crippen LogP contribution in [0.25, 0.3) is 0 Å². The average Bonchev–Trinajstić information content (AvgIpc) is 1.87. The van der Waals surface area contributed by atoms with Crippen molar-refractivity contribution in [3.8, 4) is 0 Å². The summed E-state index contributed by atoms with van der Waals surface area (Å²) in [4.78, 5) is 10.7. The molecule has 0 aliphatic heterocycles. The lowest BCUT2D eigenvalue weighted by Gasteiger charge is -2.12. The molecule has 0 aromatic rings. The molecule has 0 aliphatic carbocycles. The summed E-state index contributed by atoms with van der Waals surface area (Å²) >= 11 is 0. The van der Waals surface area contributed by atoms with Gasteiger partial charge in [-0.2, -0.15) is 0 Å². The van der Waals surface area contributed by atoms with E-state index in [2.05, 4.69) is 25.5 Å². The molecule has 0 aliphatic rings. The lowest BCUT2D eigenvalue weighted by molar-refractivity contribution is -0.141. The van der Waals surface area contributed by atoms with Crippen LogP contribution < -0.4 is 0 Å². The van der Waals surface area contributed by atoms with Crippen molar-refractivity contribution in [3.05, 3.63) is 0 Å². The van der Waals surface area contributed by atoms with E-state index in [9.17, 15) is 4.79 Å². The first kappa shape index (κ1) is 9.47. The second-order valence-corrected chi connectivity index (χ2v) is 3.00. The Morgan fingerprint density at radius 1 is 1.40 bits per heavy atom. The van der Waals surface area contributed by atoms with Crippen LogP contribution in [0, 0.1) is 11.8 Å². The van der Waals surface area contributed by atoms with E-state index < -0.39 is 0 Å². The molecule has 0 aromatic carbocycles. The first-order chi connectivity index (χ1) is 4.57.